The first kappa shape index (κ1) is 22.9. The molecule has 1 aromatic carbocycles. The molecular formula is C21H23ClN4O4S2. The van der Waals surface area contributed by atoms with Crippen molar-refractivity contribution in [3.05, 3.63) is 50.8 Å². The molecule has 0 aliphatic carbocycles. The van der Waals surface area contributed by atoms with Crippen LogP contribution in [0.4, 0.5) is 0 Å². The zero-order chi connectivity index (χ0) is 22.9. The molecule has 170 valence electrons. The number of halogens is 1. The van der Waals surface area contributed by atoms with Crippen LogP contribution in [-0.4, -0.2) is 59.8 Å². The van der Waals surface area contributed by atoms with Crippen LogP contribution >= 0.6 is 22.9 Å². The lowest BCUT2D eigenvalue weighted by Crippen LogP contribution is -2.42. The van der Waals surface area contributed by atoms with Crippen LogP contribution in [0.3, 0.4) is 0 Å². The van der Waals surface area contributed by atoms with Crippen molar-refractivity contribution in [2.24, 2.45) is 0 Å². The van der Waals surface area contributed by atoms with Gasteiger partial charge in [0.05, 0.1) is 30.0 Å². The van der Waals surface area contributed by atoms with Gasteiger partial charge in [-0.25, -0.2) is 13.4 Å². The largest absolute Gasteiger partial charge is 0.351 e. The average Bonchev–Trinajstić information content (AvgIpc) is 3.31. The average molecular weight is 495 g/mol. The van der Waals surface area contributed by atoms with Gasteiger partial charge in [-0.2, -0.15) is 0 Å². The Morgan fingerprint density at radius 3 is 2.75 bits per heavy atom. The van der Waals surface area contributed by atoms with E-state index < -0.39 is 9.84 Å². The third-order valence-electron chi connectivity index (χ3n) is 5.43. The number of fused-ring (bicyclic) bond motifs is 1. The second-order valence-electron chi connectivity index (χ2n) is 7.82. The molecule has 0 spiro atoms. The van der Waals surface area contributed by atoms with E-state index in [9.17, 15) is 18.0 Å². The van der Waals surface area contributed by atoms with Gasteiger partial charge in [-0.1, -0.05) is 30.7 Å². The number of carbonyl (C=O) groups is 1. The number of nitrogens with zero attached hydrogens (tertiary/aromatic N) is 2. The lowest BCUT2D eigenvalue weighted by atomic mass is 10.1. The third-order valence-corrected chi connectivity index (χ3v) is 8.33. The van der Waals surface area contributed by atoms with Crippen molar-refractivity contribution in [2.75, 3.05) is 24.6 Å². The number of hydrogen-bond donors (Lipinski definition) is 2. The smallest absolute Gasteiger partial charge is 0.260 e. The SMILES string of the molecule is CCN(CC(=O)N[C@H]1CCS(=O)(=O)C1)Cc1nc2scc(-c3ccc(Cl)cc3)c2c(=O)[nH]1. The molecule has 1 fully saturated rings. The molecular weight excluding hydrogens is 472 g/mol. The van der Waals surface area contributed by atoms with Gasteiger partial charge >= 0.3 is 0 Å². The molecule has 32 heavy (non-hydrogen) atoms. The summed E-state index contributed by atoms with van der Waals surface area (Å²) in [7, 11) is -3.05. The Morgan fingerprint density at radius 2 is 2.09 bits per heavy atom. The number of likely N-dealkylation sites (N-methyl/N-ethyl adjacent to an activating group) is 1. The molecule has 0 unspecified atom stereocenters. The van der Waals surface area contributed by atoms with E-state index in [0.717, 1.165) is 11.1 Å². The van der Waals surface area contributed by atoms with E-state index in [4.69, 9.17) is 11.6 Å². The van der Waals surface area contributed by atoms with E-state index in [-0.39, 0.29) is 35.6 Å². The Bertz CT molecular complexity index is 1300. The van der Waals surface area contributed by atoms with E-state index in [1.807, 2.05) is 29.3 Å². The summed E-state index contributed by atoms with van der Waals surface area (Å²) in [5.41, 5.74) is 1.47. The molecule has 8 nitrogen and oxygen atoms in total. The van der Waals surface area contributed by atoms with Gasteiger partial charge in [0.25, 0.3) is 5.56 Å². The summed E-state index contributed by atoms with van der Waals surface area (Å²) in [5, 5.41) is 5.85. The van der Waals surface area contributed by atoms with Crippen LogP contribution < -0.4 is 10.9 Å². The summed E-state index contributed by atoms with van der Waals surface area (Å²) in [5.74, 6) is 0.341. The van der Waals surface area contributed by atoms with Gasteiger partial charge in [0.15, 0.2) is 9.84 Å². The fourth-order valence-electron chi connectivity index (χ4n) is 3.79. The van der Waals surface area contributed by atoms with Crippen LogP contribution in [0.15, 0.2) is 34.4 Å². The van der Waals surface area contributed by atoms with Crippen LogP contribution in [0.5, 0.6) is 0 Å². The van der Waals surface area contributed by atoms with E-state index in [0.29, 0.717) is 40.6 Å². The standard InChI is InChI=1S/C21H23ClN4O4S2/c1-2-26(10-18(27)23-15-7-8-32(29,30)12-15)9-17-24-20(28)19-16(11-31-21(19)25-17)13-3-5-14(22)6-4-13/h3-6,11,15H,2,7-10,12H2,1H3,(H,23,27)(H,24,25,28)/t15-/m0/s1. The molecule has 0 radical (unpaired) electrons. The molecule has 3 aromatic rings. The predicted octanol–water partition coefficient (Wildman–Crippen LogP) is 2.43. The summed E-state index contributed by atoms with van der Waals surface area (Å²) in [6.45, 7) is 2.87. The summed E-state index contributed by atoms with van der Waals surface area (Å²) >= 11 is 7.36. The summed E-state index contributed by atoms with van der Waals surface area (Å²) < 4.78 is 23.2. The quantitative estimate of drug-likeness (QED) is 0.521. The maximum atomic E-state index is 12.8. The Kier molecular flexibility index (Phi) is 6.66. The van der Waals surface area contributed by atoms with Crippen LogP contribution in [0.25, 0.3) is 21.3 Å². The second-order valence-corrected chi connectivity index (χ2v) is 11.3. The Morgan fingerprint density at radius 1 is 1.34 bits per heavy atom. The highest BCUT2D eigenvalue weighted by Crippen LogP contribution is 2.31. The molecule has 1 saturated heterocycles. The number of hydrogen-bond acceptors (Lipinski definition) is 7. The van der Waals surface area contributed by atoms with E-state index in [1.165, 1.54) is 11.3 Å². The first-order valence-corrected chi connectivity index (χ1v) is 13.3. The van der Waals surface area contributed by atoms with Crippen molar-refractivity contribution >= 4 is 48.9 Å². The first-order chi connectivity index (χ1) is 15.2. The third kappa shape index (κ3) is 5.20. The number of carbonyl (C=O) groups excluding carboxylic acids is 1. The zero-order valence-corrected chi connectivity index (χ0v) is 19.8. The minimum absolute atomic E-state index is 0.00919. The highest BCUT2D eigenvalue weighted by Gasteiger charge is 2.29. The molecule has 1 atom stereocenters. The summed E-state index contributed by atoms with van der Waals surface area (Å²) in [6, 6.07) is 6.95. The molecule has 1 amide bonds. The van der Waals surface area contributed by atoms with E-state index in [1.54, 1.807) is 12.1 Å². The molecule has 4 rings (SSSR count). The van der Waals surface area contributed by atoms with E-state index in [2.05, 4.69) is 15.3 Å². The second kappa shape index (κ2) is 9.30. The minimum atomic E-state index is -3.05. The number of thiophene rings is 1. The number of aromatic amines is 1. The maximum Gasteiger partial charge on any atom is 0.260 e. The van der Waals surface area contributed by atoms with Crippen LogP contribution in [-0.2, 0) is 21.2 Å². The van der Waals surface area contributed by atoms with Gasteiger partial charge in [-0.15, -0.1) is 11.3 Å². The highest BCUT2D eigenvalue weighted by atomic mass is 35.5. The molecule has 0 saturated carbocycles. The summed E-state index contributed by atoms with van der Waals surface area (Å²) in [6.07, 6.45) is 0.445. The van der Waals surface area contributed by atoms with Gasteiger partial charge in [-0.3, -0.25) is 14.5 Å². The van der Waals surface area contributed by atoms with Crippen molar-refractivity contribution in [2.45, 2.75) is 25.9 Å². The summed E-state index contributed by atoms with van der Waals surface area (Å²) in [4.78, 5) is 35.1. The lowest BCUT2D eigenvalue weighted by Gasteiger charge is -2.20. The van der Waals surface area contributed by atoms with Crippen LogP contribution in [0, 0.1) is 0 Å². The fourth-order valence-corrected chi connectivity index (χ4v) is 6.55. The van der Waals surface area contributed by atoms with Crippen molar-refractivity contribution in [3.63, 3.8) is 0 Å². The molecule has 1 aliphatic rings. The van der Waals surface area contributed by atoms with Crippen molar-refractivity contribution in [1.29, 1.82) is 0 Å². The Balaban J connectivity index is 1.47. The van der Waals surface area contributed by atoms with Gasteiger partial charge in [0.1, 0.15) is 10.7 Å². The maximum absolute atomic E-state index is 12.8. The predicted molar refractivity (Wildman–Crippen MR) is 127 cm³/mol. The first-order valence-electron chi connectivity index (χ1n) is 10.2. The molecule has 2 aromatic heterocycles. The van der Waals surface area contributed by atoms with E-state index >= 15 is 0 Å². The molecule has 2 N–H and O–H groups in total. The van der Waals surface area contributed by atoms with Gasteiger partial charge in [0.2, 0.25) is 5.91 Å². The monoisotopic (exact) mass is 494 g/mol. The van der Waals surface area contributed by atoms with Gasteiger partial charge in [-0.05, 0) is 30.7 Å². The fraction of sp³-hybridized carbons (Fsp3) is 0.381. The van der Waals surface area contributed by atoms with Gasteiger partial charge < -0.3 is 10.3 Å². The lowest BCUT2D eigenvalue weighted by molar-refractivity contribution is -0.122. The topological polar surface area (TPSA) is 112 Å². The minimum Gasteiger partial charge on any atom is -0.351 e. The Labute approximate surface area is 194 Å². The number of amides is 1. The van der Waals surface area contributed by atoms with Crippen molar-refractivity contribution in [3.8, 4) is 11.1 Å². The van der Waals surface area contributed by atoms with Crippen molar-refractivity contribution < 1.29 is 13.2 Å². The normalized spacial score (nSPS) is 17.8. The van der Waals surface area contributed by atoms with Crippen LogP contribution in [0.1, 0.15) is 19.2 Å². The molecule has 0 bridgehead atoms. The molecule has 1 aliphatic heterocycles. The van der Waals surface area contributed by atoms with Crippen molar-refractivity contribution in [1.82, 2.24) is 20.2 Å². The van der Waals surface area contributed by atoms with Crippen LogP contribution in [0.2, 0.25) is 5.02 Å². The Hall–Kier alpha value is -2.27. The number of nitrogens with one attached hydrogen (secondary N) is 2. The zero-order valence-electron chi connectivity index (χ0n) is 17.4. The number of aromatic nitrogens is 2. The number of benzene rings is 1. The van der Waals surface area contributed by atoms with Gasteiger partial charge in [0, 0.05) is 22.0 Å². The molecule has 3 heterocycles. The molecule has 11 heteroatoms. The number of rotatable bonds is 7. The number of sulfone groups is 1. The highest BCUT2D eigenvalue weighted by molar-refractivity contribution is 7.91. The number of H-pyrrole nitrogens is 1.